The summed E-state index contributed by atoms with van der Waals surface area (Å²) in [5.41, 5.74) is 3.23. The van der Waals surface area contributed by atoms with Crippen LogP contribution < -0.4 is 18.9 Å². The summed E-state index contributed by atoms with van der Waals surface area (Å²) in [5, 5.41) is 8.60. The number of benzene rings is 2. The van der Waals surface area contributed by atoms with Gasteiger partial charge in [0.1, 0.15) is 17.8 Å². The predicted molar refractivity (Wildman–Crippen MR) is 153 cm³/mol. The molecule has 0 N–H and O–H groups in total. The van der Waals surface area contributed by atoms with Gasteiger partial charge in [-0.05, 0) is 52.9 Å². The second kappa shape index (κ2) is 10.8. The first-order valence-electron chi connectivity index (χ1n) is 13.5. The number of hydrogen-bond donors (Lipinski definition) is 0. The summed E-state index contributed by atoms with van der Waals surface area (Å²) in [4.78, 5) is 28.5. The molecule has 2 aromatic carbocycles. The fraction of sp³-hybridized carbons (Fsp3) is 0.323. The van der Waals surface area contributed by atoms with E-state index < -0.39 is 5.92 Å². The van der Waals surface area contributed by atoms with Crippen molar-refractivity contribution >= 4 is 17.6 Å². The van der Waals surface area contributed by atoms with E-state index in [-0.39, 0.29) is 17.8 Å². The Morgan fingerprint density at radius 2 is 1.83 bits per heavy atom. The van der Waals surface area contributed by atoms with Crippen molar-refractivity contribution in [2.75, 3.05) is 21.3 Å². The smallest absolute Gasteiger partial charge is 0.228 e. The molecule has 0 radical (unpaired) electrons. The van der Waals surface area contributed by atoms with Crippen LogP contribution >= 0.6 is 0 Å². The fourth-order valence-electron chi connectivity index (χ4n) is 5.50. The molecule has 0 amide bonds. The number of carbonyl (C=O) groups excluding carboxylic acids is 1. The molecule has 3 heterocycles. The van der Waals surface area contributed by atoms with Gasteiger partial charge in [0.25, 0.3) is 0 Å². The number of carbonyl (C=O) groups is 1. The average molecular weight is 570 g/mol. The van der Waals surface area contributed by atoms with E-state index in [4.69, 9.17) is 28.8 Å². The highest BCUT2D eigenvalue weighted by atomic mass is 16.6. The third-order valence-corrected chi connectivity index (χ3v) is 7.43. The van der Waals surface area contributed by atoms with Crippen molar-refractivity contribution in [1.82, 2.24) is 19.6 Å². The number of aromatic nitrogens is 4. The Bertz CT molecular complexity index is 1720. The molecule has 0 saturated heterocycles. The molecular formula is C31H31N5O6. The molecular weight excluding hydrogens is 538 g/mol. The molecule has 1 atom stereocenters. The molecule has 0 spiro atoms. The molecule has 11 nitrogen and oxygen atoms in total. The summed E-state index contributed by atoms with van der Waals surface area (Å²) in [6, 6.07) is 13.1. The quantitative estimate of drug-likeness (QED) is 0.216. The van der Waals surface area contributed by atoms with Crippen LogP contribution in [0.2, 0.25) is 0 Å². The maximum absolute atomic E-state index is 13.7. The lowest BCUT2D eigenvalue weighted by Crippen LogP contribution is -2.33. The molecule has 0 saturated carbocycles. The molecule has 6 rings (SSSR count). The number of nitrogens with zero attached hydrogens (tertiary/aromatic N) is 5. The third-order valence-electron chi connectivity index (χ3n) is 7.43. The first-order valence-corrected chi connectivity index (χ1v) is 13.5. The number of fused-ring (bicyclic) bond motifs is 3. The fourth-order valence-corrected chi connectivity index (χ4v) is 5.50. The maximum Gasteiger partial charge on any atom is 0.228 e. The van der Waals surface area contributed by atoms with E-state index in [9.17, 15) is 4.79 Å². The van der Waals surface area contributed by atoms with Crippen LogP contribution in [0.4, 0.5) is 0 Å². The molecule has 11 heteroatoms. The third kappa shape index (κ3) is 5.02. The zero-order valence-electron chi connectivity index (χ0n) is 24.1. The minimum atomic E-state index is -0.491. The lowest BCUT2D eigenvalue weighted by molar-refractivity contribution is -0.118. The number of hydrogen-bond acceptors (Lipinski definition) is 10. The minimum Gasteiger partial charge on any atom is -0.497 e. The van der Waals surface area contributed by atoms with Crippen molar-refractivity contribution in [2.45, 2.75) is 39.2 Å². The van der Waals surface area contributed by atoms with Crippen LogP contribution in [0.1, 0.15) is 55.1 Å². The van der Waals surface area contributed by atoms with Crippen LogP contribution in [0.5, 0.6) is 23.1 Å². The zero-order valence-corrected chi connectivity index (χ0v) is 24.1. The van der Waals surface area contributed by atoms with Gasteiger partial charge >= 0.3 is 0 Å². The molecule has 42 heavy (non-hydrogen) atoms. The summed E-state index contributed by atoms with van der Waals surface area (Å²) < 4.78 is 24.1. The molecule has 0 fully saturated rings. The largest absolute Gasteiger partial charge is 0.497 e. The Morgan fingerprint density at radius 1 is 1.05 bits per heavy atom. The van der Waals surface area contributed by atoms with Gasteiger partial charge in [-0.1, -0.05) is 25.1 Å². The summed E-state index contributed by atoms with van der Waals surface area (Å²) in [5.74, 6) is 2.88. The van der Waals surface area contributed by atoms with E-state index in [0.717, 1.165) is 16.9 Å². The summed E-state index contributed by atoms with van der Waals surface area (Å²) in [6.07, 6.45) is 4.17. The number of oxime groups is 1. The summed E-state index contributed by atoms with van der Waals surface area (Å²) >= 11 is 0. The van der Waals surface area contributed by atoms with Crippen LogP contribution in [0.15, 0.2) is 65.3 Å². The highest BCUT2D eigenvalue weighted by Crippen LogP contribution is 2.51. The summed E-state index contributed by atoms with van der Waals surface area (Å²) in [6.45, 7) is 4.17. The minimum absolute atomic E-state index is 0.0321. The van der Waals surface area contributed by atoms with Gasteiger partial charge in [-0.25, -0.2) is 14.5 Å². The molecule has 1 aliphatic carbocycles. The van der Waals surface area contributed by atoms with Crippen molar-refractivity contribution in [2.24, 2.45) is 10.6 Å². The molecule has 4 aromatic rings. The Kier molecular flexibility index (Phi) is 7.01. The number of Topliss-reactive ketones (excluding diaryl/α,β-unsaturated/α-hetero) is 1. The summed E-state index contributed by atoms with van der Waals surface area (Å²) in [7, 11) is 4.79. The van der Waals surface area contributed by atoms with Gasteiger partial charge in [-0.3, -0.25) is 4.79 Å². The highest BCUT2D eigenvalue weighted by molar-refractivity contribution is 6.00. The Balaban J connectivity index is 1.38. The Hall–Kier alpha value is -4.93. The topological polar surface area (TPSA) is 119 Å². The predicted octanol–water partition coefficient (Wildman–Crippen LogP) is 4.87. The lowest BCUT2D eigenvalue weighted by atomic mass is 9.70. The van der Waals surface area contributed by atoms with Crippen molar-refractivity contribution in [3.8, 4) is 23.1 Å². The zero-order chi connectivity index (χ0) is 29.4. The second-order valence-corrected chi connectivity index (χ2v) is 11.0. The van der Waals surface area contributed by atoms with E-state index in [2.05, 4.69) is 29.1 Å². The van der Waals surface area contributed by atoms with Gasteiger partial charge in [0.2, 0.25) is 5.88 Å². The number of allylic oxidation sites excluding steroid dienone is 2. The Morgan fingerprint density at radius 3 is 2.57 bits per heavy atom. The average Bonchev–Trinajstić information content (AvgIpc) is 3.41. The first-order chi connectivity index (χ1) is 20.3. The number of ketones is 1. The molecule has 2 aliphatic rings. The maximum atomic E-state index is 13.7. The van der Waals surface area contributed by atoms with Gasteiger partial charge < -0.3 is 23.8 Å². The van der Waals surface area contributed by atoms with E-state index in [1.54, 1.807) is 38.4 Å². The van der Waals surface area contributed by atoms with Gasteiger partial charge in [0, 0.05) is 18.4 Å². The second-order valence-electron chi connectivity index (χ2n) is 11.0. The first kappa shape index (κ1) is 27.3. The van der Waals surface area contributed by atoms with E-state index in [1.165, 1.54) is 0 Å². The van der Waals surface area contributed by atoms with Crippen molar-refractivity contribution in [3.63, 3.8) is 0 Å². The Labute approximate surface area is 242 Å². The van der Waals surface area contributed by atoms with E-state index >= 15 is 0 Å². The van der Waals surface area contributed by atoms with Gasteiger partial charge in [-0.15, -0.1) is 5.10 Å². The molecule has 216 valence electrons. The molecule has 0 bridgehead atoms. The van der Waals surface area contributed by atoms with Gasteiger partial charge in [0.05, 0.1) is 39.0 Å². The molecule has 2 aromatic heterocycles. The van der Waals surface area contributed by atoms with Crippen molar-refractivity contribution in [3.05, 3.63) is 82.6 Å². The van der Waals surface area contributed by atoms with E-state index in [1.807, 2.05) is 42.5 Å². The van der Waals surface area contributed by atoms with Crippen LogP contribution in [0.25, 0.3) is 5.65 Å². The van der Waals surface area contributed by atoms with Gasteiger partial charge in [-0.2, -0.15) is 0 Å². The van der Waals surface area contributed by atoms with E-state index in [0.29, 0.717) is 58.6 Å². The van der Waals surface area contributed by atoms with Crippen LogP contribution in [-0.4, -0.2) is 52.9 Å². The SMILES string of the molecule is COc1ccc(/C=N\OCc2nc3c4c(ncn3n2)OC2=C(C(=O)CC(C)(C)C2)[C@H]4c2ccc(OC)c(OC)c2)cc1. The highest BCUT2D eigenvalue weighted by Gasteiger charge is 2.44. The van der Waals surface area contributed by atoms with Crippen LogP contribution in [-0.2, 0) is 16.2 Å². The van der Waals surface area contributed by atoms with Crippen molar-refractivity contribution < 1.29 is 28.6 Å². The van der Waals surface area contributed by atoms with Gasteiger partial charge in [0.15, 0.2) is 35.4 Å². The van der Waals surface area contributed by atoms with Crippen molar-refractivity contribution in [1.29, 1.82) is 0 Å². The number of ether oxygens (including phenoxy) is 4. The lowest BCUT2D eigenvalue weighted by Gasteiger charge is -2.37. The van der Waals surface area contributed by atoms with Crippen LogP contribution in [0, 0.1) is 5.41 Å². The normalized spacial score (nSPS) is 17.5. The molecule has 1 aliphatic heterocycles. The van der Waals surface area contributed by atoms with Crippen LogP contribution in [0.3, 0.4) is 0 Å². The monoisotopic (exact) mass is 569 g/mol. The molecule has 0 unspecified atom stereocenters. The number of rotatable bonds is 8. The number of methoxy groups -OCH3 is 3. The standard InChI is InChI=1S/C31H31N5O6/c1-31(2)13-21(37)27-24(14-31)42-30-28(26(27)19-8-11-22(39-4)23(12-19)40-5)29-34-25(35-36(29)17-32-30)16-41-33-15-18-6-9-20(38-3)10-7-18/h6-12,15,17,26H,13-14,16H2,1-5H3/b33-15-/t26-/m1/s1.